The first-order valence-electron chi connectivity index (χ1n) is 10.2. The summed E-state index contributed by atoms with van der Waals surface area (Å²) in [5, 5.41) is 8.44. The summed E-state index contributed by atoms with van der Waals surface area (Å²) >= 11 is 0. The van der Waals surface area contributed by atoms with Gasteiger partial charge in [0.1, 0.15) is 5.75 Å². The summed E-state index contributed by atoms with van der Waals surface area (Å²) in [6, 6.07) is 12.6. The third kappa shape index (κ3) is 6.86. The Morgan fingerprint density at radius 3 is 2.31 bits per heavy atom. The highest BCUT2D eigenvalue weighted by Gasteiger charge is 2.29. The minimum Gasteiger partial charge on any atom is -0.423 e. The van der Waals surface area contributed by atoms with Crippen LogP contribution in [0.15, 0.2) is 49.1 Å². The molecule has 0 amide bonds. The van der Waals surface area contributed by atoms with E-state index in [1.807, 2.05) is 6.92 Å². The molecule has 1 aliphatic rings. The summed E-state index contributed by atoms with van der Waals surface area (Å²) in [5.41, 5.74) is 5.55. The van der Waals surface area contributed by atoms with Gasteiger partial charge in [-0.15, -0.1) is 0 Å². The van der Waals surface area contributed by atoms with Crippen molar-refractivity contribution in [3.05, 3.63) is 76.9 Å². The smallest absolute Gasteiger partial charge is 0.335 e. The van der Waals surface area contributed by atoms with Crippen molar-refractivity contribution in [3.8, 4) is 5.75 Å². The van der Waals surface area contributed by atoms with E-state index < -0.39 is 5.97 Å². The molecule has 1 fully saturated rings. The van der Waals surface area contributed by atoms with Crippen LogP contribution in [0.25, 0.3) is 0 Å². The predicted molar refractivity (Wildman–Crippen MR) is 119 cm³/mol. The summed E-state index contributed by atoms with van der Waals surface area (Å²) < 4.78 is 5.65. The van der Waals surface area contributed by atoms with Gasteiger partial charge in [-0.3, -0.25) is 0 Å². The van der Waals surface area contributed by atoms with Gasteiger partial charge >= 0.3 is 5.97 Å². The third-order valence-electron chi connectivity index (χ3n) is 5.03. The molecule has 1 aliphatic carbocycles. The van der Waals surface area contributed by atoms with Crippen LogP contribution in [-0.2, 0) is 16.6 Å². The molecule has 0 radical (unpaired) electrons. The maximum atomic E-state index is 11.9. The van der Waals surface area contributed by atoms with Crippen LogP contribution in [-0.4, -0.2) is 17.2 Å². The topological polar surface area (TPSA) is 46.5 Å². The second-order valence-corrected chi connectivity index (χ2v) is 9.12. The van der Waals surface area contributed by atoms with Gasteiger partial charge in [-0.2, -0.15) is 0 Å². The second kappa shape index (κ2) is 9.41. The highest BCUT2D eigenvalue weighted by Crippen LogP contribution is 2.36. The van der Waals surface area contributed by atoms with E-state index in [1.54, 1.807) is 0 Å². The quantitative estimate of drug-likeness (QED) is 0.413. The summed E-state index contributed by atoms with van der Waals surface area (Å²) in [4.78, 5) is 11.9. The Hall–Kier alpha value is -2.39. The van der Waals surface area contributed by atoms with Crippen molar-refractivity contribution >= 4 is 5.97 Å². The summed E-state index contributed by atoms with van der Waals surface area (Å²) in [6.07, 6.45) is 3.02. The number of aliphatic hydroxyl groups is 1. The number of hydrogen-bond donors (Lipinski definition) is 1. The lowest BCUT2D eigenvalue weighted by molar-refractivity contribution is -0.129. The van der Waals surface area contributed by atoms with Crippen molar-refractivity contribution < 1.29 is 14.6 Å². The maximum absolute atomic E-state index is 11.9. The largest absolute Gasteiger partial charge is 0.423 e. The number of esters is 1. The molecular weight excluding hydrogens is 360 g/mol. The van der Waals surface area contributed by atoms with E-state index in [2.05, 4.69) is 77.6 Å². The van der Waals surface area contributed by atoms with E-state index in [0.717, 1.165) is 24.0 Å². The van der Waals surface area contributed by atoms with Gasteiger partial charge in [-0.05, 0) is 42.7 Å². The molecule has 2 unspecified atom stereocenters. The Kier molecular flexibility index (Phi) is 7.43. The minimum absolute atomic E-state index is 0.0509. The van der Waals surface area contributed by atoms with Crippen LogP contribution in [0.5, 0.6) is 5.75 Å². The second-order valence-electron chi connectivity index (χ2n) is 9.12. The zero-order valence-electron chi connectivity index (χ0n) is 18.6. The van der Waals surface area contributed by atoms with Crippen LogP contribution >= 0.6 is 0 Å². The molecule has 0 aromatic heterocycles. The van der Waals surface area contributed by atoms with Gasteiger partial charge in [-0.25, -0.2) is 4.79 Å². The molecule has 1 saturated carbocycles. The fraction of sp³-hybridized carbons (Fsp3) is 0.423. The van der Waals surface area contributed by atoms with Crippen LogP contribution in [0.4, 0.5) is 0 Å². The lowest BCUT2D eigenvalue weighted by atomic mass is 9.83. The van der Waals surface area contributed by atoms with Gasteiger partial charge in [0.05, 0.1) is 6.10 Å². The van der Waals surface area contributed by atoms with E-state index in [4.69, 9.17) is 9.84 Å². The molecule has 0 spiro atoms. The number of carbonyl (C=O) groups is 1. The first-order chi connectivity index (χ1) is 13.5. The summed E-state index contributed by atoms with van der Waals surface area (Å²) in [6.45, 7) is 16.1. The molecular formula is C26H34O3. The highest BCUT2D eigenvalue weighted by molar-refractivity contribution is 5.84. The molecule has 0 heterocycles. The van der Waals surface area contributed by atoms with Gasteiger partial charge in [-0.1, -0.05) is 81.8 Å². The van der Waals surface area contributed by atoms with Crippen molar-refractivity contribution in [2.45, 2.75) is 65.9 Å². The van der Waals surface area contributed by atoms with Gasteiger partial charge in [0.25, 0.3) is 0 Å². The zero-order valence-corrected chi connectivity index (χ0v) is 18.6. The predicted octanol–water partition coefficient (Wildman–Crippen LogP) is 5.67. The Balaban J connectivity index is 0.000000521. The summed E-state index contributed by atoms with van der Waals surface area (Å²) in [5.74, 6) is 0.851. The normalized spacial score (nSPS) is 17.8. The molecule has 1 N–H and O–H groups in total. The molecule has 29 heavy (non-hydrogen) atoms. The summed E-state index contributed by atoms with van der Waals surface area (Å²) in [7, 11) is 0. The number of rotatable bonds is 4. The van der Waals surface area contributed by atoms with Gasteiger partial charge in [0, 0.05) is 18.1 Å². The van der Waals surface area contributed by atoms with Crippen LogP contribution in [0.1, 0.15) is 61.9 Å². The fourth-order valence-electron chi connectivity index (χ4n) is 3.14. The number of hydrogen-bond acceptors (Lipinski definition) is 3. The van der Waals surface area contributed by atoms with Crippen molar-refractivity contribution in [2.75, 3.05) is 0 Å². The standard InChI is InChI=1S/C22H26O2.C4H8O/c1-7-20(23)24-21-18(14-17-10-8-9-15(2)11-17)12-16(3)13-19(21)22(4,5)6;1-3-2-4(3)5/h7-13H,1,14H2,2-6H3;3-5H,2H2,1H3. The van der Waals surface area contributed by atoms with Gasteiger partial charge in [0.15, 0.2) is 0 Å². The Labute approximate surface area is 175 Å². The maximum Gasteiger partial charge on any atom is 0.335 e. The van der Waals surface area contributed by atoms with E-state index >= 15 is 0 Å². The van der Waals surface area contributed by atoms with Crippen molar-refractivity contribution in [2.24, 2.45) is 5.92 Å². The van der Waals surface area contributed by atoms with Crippen LogP contribution in [0, 0.1) is 19.8 Å². The molecule has 0 bridgehead atoms. The Bertz CT molecular complexity index is 868. The highest BCUT2D eigenvalue weighted by atomic mass is 16.5. The molecule has 3 rings (SSSR count). The zero-order chi connectivity index (χ0) is 21.8. The molecule has 0 aliphatic heterocycles. The SMILES string of the molecule is C=CC(=O)Oc1c(Cc2cccc(C)c2)cc(C)cc1C(C)(C)C.CC1CC1O. The molecule has 3 nitrogen and oxygen atoms in total. The average molecular weight is 395 g/mol. The molecule has 156 valence electrons. The fourth-order valence-corrected chi connectivity index (χ4v) is 3.14. The molecule has 2 aromatic carbocycles. The van der Waals surface area contributed by atoms with Gasteiger partial charge < -0.3 is 9.84 Å². The van der Waals surface area contributed by atoms with Crippen molar-refractivity contribution in [1.29, 1.82) is 0 Å². The molecule has 3 heteroatoms. The number of aliphatic hydroxyl groups excluding tert-OH is 1. The molecule has 0 saturated heterocycles. The van der Waals surface area contributed by atoms with Gasteiger partial charge in [0.2, 0.25) is 0 Å². The molecule has 2 atom stereocenters. The number of benzene rings is 2. The Morgan fingerprint density at radius 1 is 1.21 bits per heavy atom. The first kappa shape index (κ1) is 22.9. The first-order valence-corrected chi connectivity index (χ1v) is 10.2. The number of ether oxygens (including phenoxy) is 1. The third-order valence-corrected chi connectivity index (χ3v) is 5.03. The van der Waals surface area contributed by atoms with Crippen LogP contribution in [0.2, 0.25) is 0 Å². The lowest BCUT2D eigenvalue weighted by Gasteiger charge is -2.25. The monoisotopic (exact) mass is 394 g/mol. The lowest BCUT2D eigenvalue weighted by Crippen LogP contribution is -2.17. The van der Waals surface area contributed by atoms with Crippen molar-refractivity contribution in [3.63, 3.8) is 0 Å². The van der Waals surface area contributed by atoms with Crippen molar-refractivity contribution in [1.82, 2.24) is 0 Å². The molecule has 2 aromatic rings. The van der Waals surface area contributed by atoms with E-state index in [9.17, 15) is 4.79 Å². The average Bonchev–Trinajstić information content (AvgIpc) is 3.28. The number of carbonyl (C=O) groups excluding carboxylic acids is 1. The minimum atomic E-state index is -0.421. The Morgan fingerprint density at radius 2 is 1.83 bits per heavy atom. The van der Waals surface area contributed by atoms with E-state index in [1.165, 1.54) is 22.8 Å². The number of aryl methyl sites for hydroxylation is 2. The van der Waals surface area contributed by atoms with Crippen LogP contribution in [0.3, 0.4) is 0 Å². The van der Waals surface area contributed by atoms with E-state index in [-0.39, 0.29) is 11.5 Å². The van der Waals surface area contributed by atoms with Crippen LogP contribution < -0.4 is 4.74 Å². The van der Waals surface area contributed by atoms with E-state index in [0.29, 0.717) is 11.7 Å².